The molecule has 1 fully saturated rings. The van der Waals surface area contributed by atoms with E-state index in [0.29, 0.717) is 11.2 Å². The quantitative estimate of drug-likeness (QED) is 0.797. The van der Waals surface area contributed by atoms with Crippen molar-refractivity contribution in [3.63, 3.8) is 0 Å². The highest BCUT2D eigenvalue weighted by molar-refractivity contribution is 5.97. The first-order chi connectivity index (χ1) is 12.2. The maximum absolute atomic E-state index is 13.1. The van der Waals surface area contributed by atoms with Crippen molar-refractivity contribution in [3.8, 4) is 5.75 Å². The van der Waals surface area contributed by atoms with E-state index in [0.717, 1.165) is 41.8 Å². The Morgan fingerprint density at radius 1 is 1.36 bits per heavy atom. The molecular formula is C19H20N4O2. The Hall–Kier alpha value is -2.89. The van der Waals surface area contributed by atoms with E-state index in [1.54, 1.807) is 13.3 Å². The number of nitrogens with one attached hydrogen (secondary N) is 1. The van der Waals surface area contributed by atoms with E-state index in [4.69, 9.17) is 4.74 Å². The van der Waals surface area contributed by atoms with Crippen LogP contribution in [0.25, 0.3) is 11.0 Å². The Bertz CT molecular complexity index is 934. The SMILES string of the molecule is COc1cccc(C2CCCN2C(=O)c2cnc3n[nH]c(C)c3c2)c1. The molecule has 0 aliphatic carbocycles. The number of rotatable bonds is 3. The minimum atomic E-state index is 0.0142. The van der Waals surface area contributed by atoms with Crippen LogP contribution in [0.15, 0.2) is 36.5 Å². The van der Waals surface area contributed by atoms with Gasteiger partial charge in [-0.2, -0.15) is 5.10 Å². The molecule has 25 heavy (non-hydrogen) atoms. The van der Waals surface area contributed by atoms with Crippen molar-refractivity contribution in [2.45, 2.75) is 25.8 Å². The highest BCUT2D eigenvalue weighted by atomic mass is 16.5. The number of hydrogen-bond acceptors (Lipinski definition) is 4. The third-order valence-corrected chi connectivity index (χ3v) is 4.84. The number of H-pyrrole nitrogens is 1. The van der Waals surface area contributed by atoms with Crippen LogP contribution in [0.1, 0.15) is 40.5 Å². The van der Waals surface area contributed by atoms with Gasteiger partial charge in [-0.3, -0.25) is 9.89 Å². The molecule has 1 aliphatic heterocycles. The predicted molar refractivity (Wildman–Crippen MR) is 94.6 cm³/mol. The normalized spacial score (nSPS) is 17.2. The smallest absolute Gasteiger partial charge is 0.255 e. The summed E-state index contributed by atoms with van der Waals surface area (Å²) in [5.74, 6) is 0.828. The molecule has 0 spiro atoms. The van der Waals surface area contributed by atoms with Gasteiger partial charge in [0, 0.05) is 23.8 Å². The number of hydrogen-bond donors (Lipinski definition) is 1. The number of aryl methyl sites for hydroxylation is 1. The molecule has 2 aromatic heterocycles. The van der Waals surface area contributed by atoms with Gasteiger partial charge in [-0.05, 0) is 43.5 Å². The van der Waals surface area contributed by atoms with E-state index >= 15 is 0 Å². The molecule has 1 aromatic carbocycles. The van der Waals surface area contributed by atoms with Crippen LogP contribution in [-0.2, 0) is 0 Å². The van der Waals surface area contributed by atoms with Crippen molar-refractivity contribution < 1.29 is 9.53 Å². The molecule has 1 atom stereocenters. The third kappa shape index (κ3) is 2.73. The van der Waals surface area contributed by atoms with Crippen LogP contribution in [0.3, 0.4) is 0 Å². The Morgan fingerprint density at radius 2 is 2.24 bits per heavy atom. The molecular weight excluding hydrogens is 316 g/mol. The number of pyridine rings is 1. The summed E-state index contributed by atoms with van der Waals surface area (Å²) in [5.41, 5.74) is 3.27. The predicted octanol–water partition coefficient (Wildman–Crippen LogP) is 3.25. The lowest BCUT2D eigenvalue weighted by molar-refractivity contribution is 0.0735. The van der Waals surface area contributed by atoms with Crippen LogP contribution in [0.4, 0.5) is 0 Å². The van der Waals surface area contributed by atoms with E-state index in [2.05, 4.69) is 21.2 Å². The minimum Gasteiger partial charge on any atom is -0.497 e. The van der Waals surface area contributed by atoms with Crippen LogP contribution >= 0.6 is 0 Å². The maximum Gasteiger partial charge on any atom is 0.255 e. The lowest BCUT2D eigenvalue weighted by atomic mass is 10.0. The lowest BCUT2D eigenvalue weighted by Gasteiger charge is -2.25. The summed E-state index contributed by atoms with van der Waals surface area (Å²) in [6.07, 6.45) is 3.57. The Balaban J connectivity index is 1.66. The van der Waals surface area contributed by atoms with Gasteiger partial charge >= 0.3 is 0 Å². The summed E-state index contributed by atoms with van der Waals surface area (Å²) in [4.78, 5) is 19.3. The van der Waals surface area contributed by atoms with Gasteiger partial charge in [0.05, 0.1) is 18.7 Å². The Kier molecular flexibility index (Phi) is 3.87. The number of fused-ring (bicyclic) bond motifs is 1. The number of nitrogens with zero attached hydrogens (tertiary/aromatic N) is 3. The molecule has 1 aliphatic rings. The molecule has 1 unspecified atom stereocenters. The molecule has 0 saturated carbocycles. The zero-order valence-corrected chi connectivity index (χ0v) is 14.3. The van der Waals surface area contributed by atoms with E-state index in [1.165, 1.54) is 0 Å². The summed E-state index contributed by atoms with van der Waals surface area (Å²) >= 11 is 0. The van der Waals surface area contributed by atoms with Gasteiger partial charge in [-0.15, -0.1) is 0 Å². The Morgan fingerprint density at radius 3 is 3.08 bits per heavy atom. The topological polar surface area (TPSA) is 71.1 Å². The second-order valence-corrected chi connectivity index (χ2v) is 6.38. The number of benzene rings is 1. The van der Waals surface area contributed by atoms with Crippen molar-refractivity contribution in [2.24, 2.45) is 0 Å². The van der Waals surface area contributed by atoms with E-state index in [9.17, 15) is 4.79 Å². The average Bonchev–Trinajstić information content (AvgIpc) is 3.28. The molecule has 0 radical (unpaired) electrons. The van der Waals surface area contributed by atoms with Gasteiger partial charge in [0.1, 0.15) is 5.75 Å². The fraction of sp³-hybridized carbons (Fsp3) is 0.316. The molecule has 4 rings (SSSR count). The average molecular weight is 336 g/mol. The summed E-state index contributed by atoms with van der Waals surface area (Å²) in [6.45, 7) is 2.68. The van der Waals surface area contributed by atoms with Crippen LogP contribution in [0, 0.1) is 6.92 Å². The van der Waals surface area contributed by atoms with E-state index in [-0.39, 0.29) is 11.9 Å². The monoisotopic (exact) mass is 336 g/mol. The molecule has 3 heterocycles. The molecule has 0 bridgehead atoms. The summed E-state index contributed by atoms with van der Waals surface area (Å²) < 4.78 is 5.32. The van der Waals surface area contributed by atoms with Crippen LogP contribution in [-0.4, -0.2) is 39.6 Å². The largest absolute Gasteiger partial charge is 0.497 e. The van der Waals surface area contributed by atoms with E-state index < -0.39 is 0 Å². The van der Waals surface area contributed by atoms with Crippen molar-refractivity contribution in [1.82, 2.24) is 20.1 Å². The fourth-order valence-electron chi connectivity index (χ4n) is 3.51. The van der Waals surface area contributed by atoms with Crippen LogP contribution in [0.5, 0.6) is 5.75 Å². The summed E-state index contributed by atoms with van der Waals surface area (Å²) in [7, 11) is 1.66. The first-order valence-electron chi connectivity index (χ1n) is 8.43. The highest BCUT2D eigenvalue weighted by Crippen LogP contribution is 2.34. The molecule has 1 N–H and O–H groups in total. The number of aromatic nitrogens is 3. The number of aromatic amines is 1. The second kappa shape index (κ2) is 6.20. The summed E-state index contributed by atoms with van der Waals surface area (Å²) in [6, 6.07) is 9.91. The van der Waals surface area contributed by atoms with Gasteiger partial charge in [0.25, 0.3) is 5.91 Å². The number of methoxy groups -OCH3 is 1. The van der Waals surface area contributed by atoms with Crippen molar-refractivity contribution >= 4 is 16.9 Å². The standard InChI is InChI=1S/C19H20N4O2/c1-12-16-10-14(11-20-18(16)22-21-12)19(24)23-8-4-7-17(23)13-5-3-6-15(9-13)25-2/h3,5-6,9-11,17H,4,7-8H2,1-2H3,(H,20,21,22). The highest BCUT2D eigenvalue weighted by Gasteiger charge is 2.31. The number of amides is 1. The Labute approximate surface area is 145 Å². The number of likely N-dealkylation sites (tertiary alicyclic amines) is 1. The molecule has 1 amide bonds. The molecule has 3 aromatic rings. The summed E-state index contributed by atoms with van der Waals surface area (Å²) in [5, 5.41) is 7.92. The molecule has 128 valence electrons. The van der Waals surface area contributed by atoms with E-state index in [1.807, 2.05) is 36.1 Å². The van der Waals surface area contributed by atoms with Gasteiger partial charge in [-0.1, -0.05) is 12.1 Å². The zero-order valence-electron chi connectivity index (χ0n) is 14.3. The molecule has 6 heteroatoms. The molecule has 1 saturated heterocycles. The first-order valence-corrected chi connectivity index (χ1v) is 8.43. The first kappa shape index (κ1) is 15.6. The number of carbonyl (C=O) groups is 1. The van der Waals surface area contributed by atoms with Crippen LogP contribution in [0.2, 0.25) is 0 Å². The van der Waals surface area contributed by atoms with Crippen molar-refractivity contribution in [2.75, 3.05) is 13.7 Å². The zero-order chi connectivity index (χ0) is 17.4. The number of carbonyl (C=O) groups excluding carboxylic acids is 1. The molecule has 6 nitrogen and oxygen atoms in total. The fourth-order valence-corrected chi connectivity index (χ4v) is 3.51. The van der Waals surface area contributed by atoms with Gasteiger partial charge in [0.15, 0.2) is 5.65 Å². The van der Waals surface area contributed by atoms with Crippen molar-refractivity contribution in [1.29, 1.82) is 0 Å². The van der Waals surface area contributed by atoms with Crippen LogP contribution < -0.4 is 4.74 Å². The lowest BCUT2D eigenvalue weighted by Crippen LogP contribution is -2.30. The maximum atomic E-state index is 13.1. The minimum absolute atomic E-state index is 0.0142. The van der Waals surface area contributed by atoms with Crippen molar-refractivity contribution in [3.05, 3.63) is 53.3 Å². The van der Waals surface area contributed by atoms with Gasteiger partial charge in [0.2, 0.25) is 0 Å². The van der Waals surface area contributed by atoms with Gasteiger partial charge < -0.3 is 9.64 Å². The second-order valence-electron chi connectivity index (χ2n) is 6.38. The third-order valence-electron chi connectivity index (χ3n) is 4.84. The number of ether oxygens (including phenoxy) is 1. The van der Waals surface area contributed by atoms with Gasteiger partial charge in [-0.25, -0.2) is 4.98 Å².